The molecule has 16 saturated heterocycles. The van der Waals surface area contributed by atoms with Crippen LogP contribution in [0.2, 0.25) is 0 Å². The Morgan fingerprint density at radius 3 is 0.946 bits per heavy atom. The number of likely N-dealkylation sites (tertiary alicyclic amines) is 13. The molecule has 149 heavy (non-hydrogen) atoms. The van der Waals surface area contributed by atoms with E-state index < -0.39 is 0 Å². The van der Waals surface area contributed by atoms with E-state index in [4.69, 9.17) is 14.2 Å². The van der Waals surface area contributed by atoms with Gasteiger partial charge >= 0.3 is 17.9 Å². The topological polar surface area (TPSA) is 189 Å². The van der Waals surface area contributed by atoms with Gasteiger partial charge in [0.15, 0.2) is 19.0 Å². The number of likely N-dealkylation sites (N-methyl/N-ethyl adjacent to an activating group) is 2. The van der Waals surface area contributed by atoms with Gasteiger partial charge in [0.2, 0.25) is 0 Å². The van der Waals surface area contributed by atoms with Gasteiger partial charge in [0, 0.05) is 138 Å². The van der Waals surface area contributed by atoms with Gasteiger partial charge in [-0.05, 0) is 500 Å². The van der Waals surface area contributed by atoms with Gasteiger partial charge in [-0.3, -0.25) is 33.8 Å². The molecule has 27 nitrogen and oxygen atoms in total. The maximum Gasteiger partial charge on any atom is 0.309 e. The summed E-state index contributed by atoms with van der Waals surface area (Å²) < 4.78 is 17.4. The zero-order valence-electron chi connectivity index (χ0n) is 96.7. The van der Waals surface area contributed by atoms with E-state index >= 15 is 0 Å². The number of ketones is 2. The minimum absolute atomic E-state index is 0. The molecule has 17 heterocycles. The normalized spacial score (nSPS) is 24.5. The average molecular weight is 2120 g/mol. The Hall–Kier alpha value is -4.48. The highest BCUT2D eigenvalue weighted by molar-refractivity contribution is 8.14. The number of ether oxygens (including phenoxy) is 3. The zero-order valence-corrected chi connectivity index (χ0v) is 98.4. The van der Waals surface area contributed by atoms with Gasteiger partial charge < -0.3 is 92.5 Å². The van der Waals surface area contributed by atoms with Crippen LogP contribution in [-0.4, -0.2) is 497 Å². The summed E-state index contributed by atoms with van der Waals surface area (Å²) in [4.78, 5) is 111. The van der Waals surface area contributed by atoms with E-state index in [0.29, 0.717) is 53.6 Å². The number of piperidine rings is 13. The highest BCUT2D eigenvalue weighted by atomic mass is 32.2. The lowest BCUT2D eigenvalue weighted by Crippen LogP contribution is -2.49. The first kappa shape index (κ1) is 128. The van der Waals surface area contributed by atoms with Crippen LogP contribution in [0.5, 0.6) is 0 Å². The number of rotatable bonds is 22. The Morgan fingerprint density at radius 2 is 0.624 bits per heavy atom. The van der Waals surface area contributed by atoms with Gasteiger partial charge in [0.25, 0.3) is 5.91 Å². The van der Waals surface area contributed by atoms with Crippen molar-refractivity contribution < 1.29 is 47.5 Å². The van der Waals surface area contributed by atoms with Crippen LogP contribution < -0.4 is 4.57 Å². The van der Waals surface area contributed by atoms with E-state index in [-0.39, 0.29) is 49.7 Å². The number of amides is 1. The van der Waals surface area contributed by atoms with Crippen LogP contribution in [0.3, 0.4) is 0 Å². The van der Waals surface area contributed by atoms with Crippen molar-refractivity contribution in [3.63, 3.8) is 0 Å². The van der Waals surface area contributed by atoms with E-state index in [2.05, 4.69) is 226 Å². The van der Waals surface area contributed by atoms with Crippen LogP contribution in [0.25, 0.3) is 0 Å². The summed E-state index contributed by atoms with van der Waals surface area (Å²) in [5, 5.41) is 0. The summed E-state index contributed by atoms with van der Waals surface area (Å²) in [6.07, 6.45) is 42.6. The fraction of sp³-hybridized carbons (Fsp3) is 0.850. The fourth-order valence-electron chi connectivity index (χ4n) is 25.2. The fourth-order valence-corrected chi connectivity index (χ4v) is 27.4. The van der Waals surface area contributed by atoms with Gasteiger partial charge in [0.1, 0.15) is 18.6 Å². The molecule has 16 aliphatic heterocycles. The second kappa shape index (κ2) is 71.1. The van der Waals surface area contributed by atoms with Crippen LogP contribution in [0.4, 0.5) is 0 Å². The number of piperazine rings is 1. The van der Waals surface area contributed by atoms with Crippen LogP contribution in [0.15, 0.2) is 54.9 Å². The van der Waals surface area contributed by atoms with Crippen molar-refractivity contribution in [2.45, 2.75) is 295 Å². The summed E-state index contributed by atoms with van der Waals surface area (Å²) in [5.74, 6) is 13.6. The number of thioether (sulfide) groups is 1. The number of hydrogen-bond acceptors (Lipinski definition) is 26. The van der Waals surface area contributed by atoms with E-state index in [9.17, 15) is 28.8 Å². The molecule has 0 bridgehead atoms. The molecular formula is C120H219N18O9S2+. The maximum absolute atomic E-state index is 12.0. The molecule has 0 N–H and O–H groups in total. The number of carbonyl (C=O) groups is 6. The first-order valence-electron chi connectivity index (χ1n) is 59.5. The summed E-state index contributed by atoms with van der Waals surface area (Å²) in [6.45, 7) is 46.9. The van der Waals surface area contributed by atoms with Crippen molar-refractivity contribution in [1.82, 2.24) is 83.3 Å². The molecule has 29 heteroatoms. The maximum atomic E-state index is 12.0. The first-order chi connectivity index (χ1) is 71.4. The molecule has 16 fully saturated rings. The molecule has 18 rings (SSSR count). The molecule has 0 unspecified atom stereocenters. The number of nitrogens with zero attached hydrogens (tertiary/aromatic N) is 18. The van der Waals surface area contributed by atoms with Crippen LogP contribution >= 0.6 is 22.2 Å². The van der Waals surface area contributed by atoms with Crippen LogP contribution in [-0.2, 0) is 50.0 Å². The van der Waals surface area contributed by atoms with Gasteiger partial charge in [-0.15, -0.1) is 0 Å². The van der Waals surface area contributed by atoms with Gasteiger partial charge in [0.05, 0.1) is 25.0 Å². The summed E-state index contributed by atoms with van der Waals surface area (Å²) >= 11 is 2.13. The van der Waals surface area contributed by atoms with Crippen molar-refractivity contribution in [2.24, 2.45) is 36.6 Å². The number of pyridine rings is 1. The molecular weight excluding hydrogens is 1900 g/mol. The summed E-state index contributed by atoms with van der Waals surface area (Å²) in [5.41, 5.74) is 3.03. The third-order valence-corrected chi connectivity index (χ3v) is 38.8. The number of aromatic nitrogens is 1. The predicted molar refractivity (Wildman–Crippen MR) is 623 cm³/mol. The van der Waals surface area contributed by atoms with Crippen LogP contribution in [0, 0.1) is 29.6 Å². The van der Waals surface area contributed by atoms with Crippen molar-refractivity contribution in [2.75, 3.05) is 330 Å². The van der Waals surface area contributed by atoms with Gasteiger partial charge in [-0.25, -0.2) is 4.57 Å². The van der Waals surface area contributed by atoms with Crippen molar-refractivity contribution >= 4 is 63.5 Å². The Kier molecular flexibility index (Phi) is 61.0. The smallest absolute Gasteiger partial charge is 0.309 e. The molecule has 0 radical (unpaired) electrons. The SMILES string of the molecule is C.C=S1CCN(C2CCN(C)CC2)CC1.CC(=O)C1CCN(C2CCN(C)CC2)CC1.CC(=O)CCC1CCN(C2CCN(C)CC2)CC1.CCOC(=O)C1CCN(C2CCN(C)CC2)CC1.CCOC(=O)CCC1CCN(C2CCN(C)CC2)CC1.CN1CCC(N2CCC(C(=O)OCC(=O)N(C)C)CC2)CC1.CN1CCC(c2cc[n+](C)cc2)CC1.CN1CCC(c2ccccc2)CC1.CN1CCN(C2CCSCC2)CC1. The Morgan fingerprint density at radius 1 is 0.342 bits per heavy atom. The highest BCUT2D eigenvalue weighted by Gasteiger charge is 2.38. The zero-order chi connectivity index (χ0) is 106. The molecule has 854 valence electrons. The number of esters is 3. The number of benzene rings is 1. The molecule has 0 aliphatic carbocycles. The third kappa shape index (κ3) is 48.1. The summed E-state index contributed by atoms with van der Waals surface area (Å²) in [7, 11) is 25.8. The molecule has 0 saturated carbocycles. The van der Waals surface area contributed by atoms with Gasteiger partial charge in [-0.1, -0.05) is 43.6 Å². The standard InChI is InChI=1S/C16H29N3O3.C16H30N2O2.C15H28N2O.C14H26N2O2.C13H24N2O.C12H19N2.C12H17N.C11H22N2S.C10H20N2S.CH4/c1-17(2)15(20)12-22-16(21)13-4-10-19(11-5-13)14-6-8-18(3)9-7-14;1-3-20-16(19)5-4-14-6-12-18(13-7-14)15-8-10-17(2)11-9-15;1-13(18)3-4-14-5-11-17(12-6-14)15-7-9-16(2)10-8-15;1-3-18-14(17)12-4-10-16(11-5-12)13-6-8-15(2)9-7-13;1-11(16)12-3-9-15(10-4-12)13-5-7-14(2)8-6-13;1-13-7-3-11(4-8-13)12-5-9-14(2)10-6-12;1-13-9-7-12(8-10-13)11-5-3-2-4-6-11;1-12-5-3-11(4-6-12)13-7-9-14(2)10-8-13;1-11-4-6-12(7-5-11)10-2-8-13-9-3-10;/h13-14H,4-12H2,1-3H3;14-15H,3-13H2,1-2H3;14-15H,3-12H2,1-2H3;12-13H,3-11H2,1-2H3;12-13H,3-10H2,1-2H3;3-4,7-8,12H,5-6,9-10H2,1-2H3;2-6,12H,7-10H2,1H3;11H,2-10H2,1H3;10H,2-9H2,1H3;1H4/q;;;;;+1;;;;. The Bertz CT molecular complexity index is 3910. The quantitative estimate of drug-likeness (QED) is 0.0468. The predicted octanol–water partition coefficient (Wildman–Crippen LogP) is 14.1. The Labute approximate surface area is 915 Å². The largest absolute Gasteiger partial charge is 0.466 e. The number of hydrogen-bond donors (Lipinski definition) is 0. The van der Waals surface area contributed by atoms with E-state index in [1.807, 2.05) is 13.8 Å². The molecule has 2 aromatic rings. The highest BCUT2D eigenvalue weighted by Crippen LogP contribution is 2.35. The molecule has 0 atom stereocenters. The minimum atomic E-state index is -0.210. The van der Waals surface area contributed by atoms with Crippen molar-refractivity contribution in [3.05, 3.63) is 66.0 Å². The first-order valence-corrected chi connectivity index (χ1v) is 62.4. The summed E-state index contributed by atoms with van der Waals surface area (Å²) in [6, 6.07) is 21.0. The van der Waals surface area contributed by atoms with Crippen molar-refractivity contribution in [3.8, 4) is 0 Å². The lowest BCUT2D eigenvalue weighted by Gasteiger charge is -2.41. The lowest BCUT2D eigenvalue weighted by molar-refractivity contribution is -0.671. The number of aryl methyl sites for hydroxylation is 1. The van der Waals surface area contributed by atoms with Crippen LogP contribution in [0.1, 0.15) is 264 Å². The molecule has 1 aromatic carbocycles. The monoisotopic (exact) mass is 2120 g/mol. The number of carbonyl (C=O) groups excluding carboxylic acids is 6. The molecule has 1 aromatic heterocycles. The lowest BCUT2D eigenvalue weighted by atomic mass is 9.89. The van der Waals surface area contributed by atoms with E-state index in [0.717, 1.165) is 157 Å². The van der Waals surface area contributed by atoms with E-state index in [1.54, 1.807) is 27.9 Å². The van der Waals surface area contributed by atoms with E-state index in [1.165, 1.54) is 350 Å². The molecule has 0 spiro atoms. The molecule has 16 aliphatic rings. The number of Topliss-reactive ketones (excluding diaryl/α,β-unsaturated/α-hetero) is 2. The van der Waals surface area contributed by atoms with Crippen molar-refractivity contribution in [1.29, 1.82) is 0 Å². The Balaban J connectivity index is 0.000000187. The third-order valence-electron chi connectivity index (χ3n) is 36.2. The second-order valence-corrected chi connectivity index (χ2v) is 50.8. The minimum Gasteiger partial charge on any atom is -0.466 e. The average Bonchev–Trinajstić information content (AvgIpc) is 0.828. The molecule has 1 amide bonds. The second-order valence-electron chi connectivity index (χ2n) is 47.5. The van der Waals surface area contributed by atoms with Gasteiger partial charge in [-0.2, -0.15) is 22.2 Å².